The van der Waals surface area contributed by atoms with Gasteiger partial charge in [0.1, 0.15) is 11.8 Å². The first-order valence-corrected chi connectivity index (χ1v) is 12.2. The first kappa shape index (κ1) is 24.2. The molecule has 2 aromatic carbocycles. The van der Waals surface area contributed by atoms with Gasteiger partial charge in [-0.25, -0.2) is 4.68 Å². The number of aliphatic hydroxyl groups is 1. The van der Waals surface area contributed by atoms with Crippen molar-refractivity contribution in [3.8, 4) is 17.1 Å². The summed E-state index contributed by atoms with van der Waals surface area (Å²) < 4.78 is 6.99. The predicted octanol–water partition coefficient (Wildman–Crippen LogP) is 4.55. The summed E-state index contributed by atoms with van der Waals surface area (Å²) >= 11 is 0. The lowest BCUT2D eigenvalue weighted by Crippen LogP contribution is -2.39. The van der Waals surface area contributed by atoms with E-state index in [1.165, 1.54) is 10.9 Å². The van der Waals surface area contributed by atoms with E-state index in [9.17, 15) is 9.90 Å². The second-order valence-corrected chi connectivity index (χ2v) is 9.23. The number of hydrogen-bond acceptors (Lipinski definition) is 8. The zero-order valence-electron chi connectivity index (χ0n) is 21.1. The normalized spacial score (nSPS) is 19.1. The minimum atomic E-state index is -1.55. The first-order valence-electron chi connectivity index (χ1n) is 12.2. The van der Waals surface area contributed by atoms with E-state index in [0.717, 1.165) is 16.7 Å². The molecular formula is C28H24N8O3. The second-order valence-electron chi connectivity index (χ2n) is 9.23. The van der Waals surface area contributed by atoms with Crippen LogP contribution in [0, 0.1) is 13.8 Å². The molecule has 3 aromatic heterocycles. The van der Waals surface area contributed by atoms with Crippen LogP contribution in [-0.2, 0) is 5.54 Å². The highest BCUT2D eigenvalue weighted by atomic mass is 16.3. The molecule has 0 fully saturated rings. The molecule has 2 unspecified atom stereocenters. The quantitative estimate of drug-likeness (QED) is 0.280. The summed E-state index contributed by atoms with van der Waals surface area (Å²) in [7, 11) is 0. The van der Waals surface area contributed by atoms with Crippen molar-refractivity contribution in [3.63, 3.8) is 0 Å². The van der Waals surface area contributed by atoms with E-state index in [1.54, 1.807) is 30.4 Å². The highest BCUT2D eigenvalue weighted by Gasteiger charge is 2.46. The maximum absolute atomic E-state index is 13.7. The Labute approximate surface area is 222 Å². The third-order valence-corrected chi connectivity index (χ3v) is 6.85. The van der Waals surface area contributed by atoms with Crippen LogP contribution in [0.3, 0.4) is 0 Å². The van der Waals surface area contributed by atoms with Crippen molar-refractivity contribution < 1.29 is 9.52 Å². The molecule has 6 rings (SSSR count). The van der Waals surface area contributed by atoms with E-state index in [-0.39, 0.29) is 11.5 Å². The van der Waals surface area contributed by atoms with Crippen LogP contribution in [0.15, 0.2) is 105 Å². The number of aliphatic hydroxyl groups excluding tert-OH is 1. The van der Waals surface area contributed by atoms with Gasteiger partial charge in [-0.1, -0.05) is 53.8 Å². The highest BCUT2D eigenvalue weighted by molar-refractivity contribution is 5.74. The van der Waals surface area contributed by atoms with Crippen LogP contribution in [0.1, 0.15) is 22.5 Å². The summed E-state index contributed by atoms with van der Waals surface area (Å²) in [5.74, 6) is 0.503. The van der Waals surface area contributed by atoms with Crippen molar-refractivity contribution in [2.45, 2.75) is 25.5 Å². The second kappa shape index (κ2) is 9.62. The summed E-state index contributed by atoms with van der Waals surface area (Å²) in [6.07, 6.45) is 5.47. The van der Waals surface area contributed by atoms with E-state index in [2.05, 4.69) is 36.0 Å². The molecule has 0 amide bonds. The van der Waals surface area contributed by atoms with Gasteiger partial charge in [-0.2, -0.15) is 10.3 Å². The van der Waals surface area contributed by atoms with E-state index in [1.807, 2.05) is 62.4 Å². The summed E-state index contributed by atoms with van der Waals surface area (Å²) in [6, 6.07) is 18.5. The van der Waals surface area contributed by atoms with E-state index < -0.39 is 17.2 Å². The number of tetrazole rings is 1. The fourth-order valence-electron chi connectivity index (χ4n) is 4.56. The molecular weight excluding hydrogens is 496 g/mol. The SMILES string of the molecule is Cc1ccc(-n2[nH]c(-c3ccco3)c(N=NC3(c4nn[nH]n4)C=CC=C(c4ccccc4)C3O)c2=O)cc1C. The lowest BCUT2D eigenvalue weighted by molar-refractivity contribution is 0.153. The number of nitrogens with one attached hydrogen (secondary N) is 2. The number of nitrogens with zero attached hydrogens (tertiary/aromatic N) is 6. The summed E-state index contributed by atoms with van der Waals surface area (Å²) in [5, 5.41) is 38.0. The van der Waals surface area contributed by atoms with E-state index in [0.29, 0.717) is 22.7 Å². The molecule has 1 aliphatic carbocycles. The van der Waals surface area contributed by atoms with Crippen molar-refractivity contribution in [1.82, 2.24) is 30.4 Å². The monoisotopic (exact) mass is 520 g/mol. The summed E-state index contributed by atoms with van der Waals surface area (Å²) in [5.41, 5.74) is 2.51. The van der Waals surface area contributed by atoms with Gasteiger partial charge in [0.25, 0.3) is 5.56 Å². The van der Waals surface area contributed by atoms with Gasteiger partial charge in [0.2, 0.25) is 5.82 Å². The fourth-order valence-corrected chi connectivity index (χ4v) is 4.56. The number of benzene rings is 2. The van der Waals surface area contributed by atoms with Crippen molar-refractivity contribution in [2.24, 2.45) is 10.2 Å². The van der Waals surface area contributed by atoms with Crippen molar-refractivity contribution in [2.75, 3.05) is 0 Å². The zero-order chi connectivity index (χ0) is 27.0. The number of rotatable bonds is 6. The number of allylic oxidation sites excluding steroid dienone is 2. The van der Waals surface area contributed by atoms with Crippen LogP contribution in [0.25, 0.3) is 22.7 Å². The average molecular weight is 521 g/mol. The van der Waals surface area contributed by atoms with Gasteiger partial charge in [-0.15, -0.1) is 15.3 Å². The number of H-pyrrole nitrogens is 2. The molecule has 0 saturated heterocycles. The Morgan fingerprint density at radius 2 is 1.92 bits per heavy atom. The molecule has 0 aliphatic heterocycles. The Morgan fingerprint density at radius 3 is 2.64 bits per heavy atom. The van der Waals surface area contributed by atoms with Gasteiger partial charge in [0.15, 0.2) is 17.0 Å². The molecule has 0 spiro atoms. The summed E-state index contributed by atoms with van der Waals surface area (Å²) in [6.45, 7) is 3.98. The smallest absolute Gasteiger partial charge is 0.299 e. The minimum absolute atomic E-state index is 0.00228. The maximum atomic E-state index is 13.7. The Kier molecular flexibility index (Phi) is 5.97. The maximum Gasteiger partial charge on any atom is 0.299 e. The predicted molar refractivity (Wildman–Crippen MR) is 144 cm³/mol. The van der Waals surface area contributed by atoms with Gasteiger partial charge in [0.05, 0.1) is 12.0 Å². The number of aromatic nitrogens is 6. The lowest BCUT2D eigenvalue weighted by atomic mass is 9.81. The minimum Gasteiger partial charge on any atom is -0.463 e. The summed E-state index contributed by atoms with van der Waals surface area (Å²) in [4.78, 5) is 13.7. The van der Waals surface area contributed by atoms with Gasteiger partial charge in [0, 0.05) is 0 Å². The molecule has 0 saturated carbocycles. The van der Waals surface area contributed by atoms with Gasteiger partial charge >= 0.3 is 0 Å². The molecule has 39 heavy (non-hydrogen) atoms. The molecule has 3 heterocycles. The van der Waals surface area contributed by atoms with Crippen LogP contribution in [0.4, 0.5) is 5.69 Å². The van der Waals surface area contributed by atoms with Crippen molar-refractivity contribution in [3.05, 3.63) is 118 Å². The average Bonchev–Trinajstić information content (AvgIpc) is 3.73. The Balaban J connectivity index is 1.50. The van der Waals surface area contributed by atoms with Crippen LogP contribution >= 0.6 is 0 Å². The van der Waals surface area contributed by atoms with Crippen molar-refractivity contribution in [1.29, 1.82) is 0 Å². The molecule has 0 bridgehead atoms. The van der Waals surface area contributed by atoms with Gasteiger partial charge in [-0.05, 0) is 66.5 Å². The third-order valence-electron chi connectivity index (χ3n) is 6.85. The van der Waals surface area contributed by atoms with E-state index in [4.69, 9.17) is 4.42 Å². The number of aromatic amines is 2. The van der Waals surface area contributed by atoms with Crippen LogP contribution < -0.4 is 5.56 Å². The molecule has 11 heteroatoms. The fraction of sp³-hybridized carbons (Fsp3) is 0.143. The number of hydrogen-bond donors (Lipinski definition) is 3. The van der Waals surface area contributed by atoms with Gasteiger partial charge in [-0.3, -0.25) is 9.89 Å². The lowest BCUT2D eigenvalue weighted by Gasteiger charge is -2.31. The zero-order valence-corrected chi connectivity index (χ0v) is 21.1. The molecule has 2 atom stereocenters. The van der Waals surface area contributed by atoms with Crippen LogP contribution in [-0.4, -0.2) is 41.6 Å². The molecule has 1 aliphatic rings. The largest absolute Gasteiger partial charge is 0.463 e. The molecule has 11 nitrogen and oxygen atoms in total. The topological polar surface area (TPSA) is 150 Å². The first-order chi connectivity index (χ1) is 19.0. The van der Waals surface area contributed by atoms with Crippen LogP contribution in [0.5, 0.6) is 0 Å². The Morgan fingerprint density at radius 1 is 1.08 bits per heavy atom. The molecule has 194 valence electrons. The molecule has 5 aromatic rings. The van der Waals surface area contributed by atoms with Crippen molar-refractivity contribution >= 4 is 11.3 Å². The number of aryl methyl sites for hydroxylation is 2. The van der Waals surface area contributed by atoms with Gasteiger partial charge < -0.3 is 9.52 Å². The Hall–Kier alpha value is -5.16. The number of azo groups is 1. The number of furan rings is 1. The highest BCUT2D eigenvalue weighted by Crippen LogP contribution is 2.40. The molecule has 0 radical (unpaired) electrons. The standard InChI is InChI=1S/C28H24N8O3/c1-17-12-13-20(16-18(17)2)36-26(38)24(23(32-36)22-11-7-15-39-22)29-33-28(27-30-34-35-31-27)14-6-10-21(25(28)37)19-8-4-3-5-9-19/h3-16,25,32,37H,1-2H3,(H,30,31,34,35). The Bertz CT molecular complexity index is 1760. The van der Waals surface area contributed by atoms with Crippen LogP contribution in [0.2, 0.25) is 0 Å². The third kappa shape index (κ3) is 4.14. The molecule has 3 N–H and O–H groups in total. The van der Waals surface area contributed by atoms with E-state index >= 15 is 0 Å².